The van der Waals surface area contributed by atoms with Crippen LogP contribution in [0.1, 0.15) is 5.56 Å². The Morgan fingerprint density at radius 1 is 1.08 bits per heavy atom. The third-order valence-corrected chi connectivity index (χ3v) is 3.88. The van der Waals surface area contributed by atoms with Crippen LogP contribution < -0.4 is 0 Å². The maximum Gasteiger partial charge on any atom is 0.182 e. The van der Waals surface area contributed by atoms with E-state index in [1.54, 1.807) is 18.2 Å². The van der Waals surface area contributed by atoms with Gasteiger partial charge in [-0.1, -0.05) is 29.8 Å². The quantitative estimate of drug-likeness (QED) is 0.522. The molecule has 124 valence electrons. The Labute approximate surface area is 145 Å². The first-order valence-electron chi connectivity index (χ1n) is 7.36. The SMILES string of the molecule is Fc1cnc2c(c1)c(-c1nccc(Cl)n1)nn2Cc1ccccc1F. The highest BCUT2D eigenvalue weighted by Crippen LogP contribution is 2.26. The second-order valence-corrected chi connectivity index (χ2v) is 5.71. The number of hydrogen-bond donors (Lipinski definition) is 0. The summed E-state index contributed by atoms with van der Waals surface area (Å²) in [5.41, 5.74) is 1.18. The van der Waals surface area contributed by atoms with Crippen molar-refractivity contribution in [3.05, 3.63) is 71.1 Å². The molecule has 0 saturated heterocycles. The molecule has 0 atom stereocenters. The number of pyridine rings is 1. The van der Waals surface area contributed by atoms with Crippen molar-refractivity contribution in [1.29, 1.82) is 0 Å². The van der Waals surface area contributed by atoms with Gasteiger partial charge in [0.15, 0.2) is 11.5 Å². The topological polar surface area (TPSA) is 56.5 Å². The van der Waals surface area contributed by atoms with Gasteiger partial charge in [0.25, 0.3) is 0 Å². The summed E-state index contributed by atoms with van der Waals surface area (Å²) in [6.45, 7) is 0.141. The fourth-order valence-corrected chi connectivity index (χ4v) is 2.68. The molecule has 0 saturated carbocycles. The van der Waals surface area contributed by atoms with Gasteiger partial charge in [0.05, 0.1) is 18.1 Å². The normalized spacial score (nSPS) is 11.2. The van der Waals surface area contributed by atoms with Crippen LogP contribution in [0.15, 0.2) is 48.8 Å². The average Bonchev–Trinajstić information content (AvgIpc) is 2.95. The van der Waals surface area contributed by atoms with E-state index in [9.17, 15) is 8.78 Å². The molecular formula is C17H10ClF2N5. The summed E-state index contributed by atoms with van der Waals surface area (Å²) in [6, 6.07) is 9.20. The number of fused-ring (bicyclic) bond motifs is 1. The second-order valence-electron chi connectivity index (χ2n) is 5.33. The molecule has 0 amide bonds. The Hall–Kier alpha value is -2.93. The zero-order chi connectivity index (χ0) is 17.4. The number of aromatic nitrogens is 5. The Morgan fingerprint density at radius 3 is 2.72 bits per heavy atom. The fourth-order valence-electron chi connectivity index (χ4n) is 2.55. The van der Waals surface area contributed by atoms with Crippen molar-refractivity contribution < 1.29 is 8.78 Å². The Morgan fingerprint density at radius 2 is 1.92 bits per heavy atom. The van der Waals surface area contributed by atoms with Gasteiger partial charge in [-0.2, -0.15) is 5.10 Å². The monoisotopic (exact) mass is 357 g/mol. The predicted molar refractivity (Wildman–Crippen MR) is 89.0 cm³/mol. The number of rotatable bonds is 3. The molecule has 0 N–H and O–H groups in total. The van der Waals surface area contributed by atoms with Gasteiger partial charge in [-0.15, -0.1) is 0 Å². The van der Waals surface area contributed by atoms with E-state index in [0.717, 1.165) is 6.20 Å². The first-order chi connectivity index (χ1) is 12.1. The zero-order valence-corrected chi connectivity index (χ0v) is 13.5. The second kappa shape index (κ2) is 6.18. The van der Waals surface area contributed by atoms with Crippen LogP contribution in [0.3, 0.4) is 0 Å². The number of benzene rings is 1. The summed E-state index contributed by atoms with van der Waals surface area (Å²) in [7, 11) is 0. The zero-order valence-electron chi connectivity index (χ0n) is 12.7. The van der Waals surface area contributed by atoms with Crippen LogP contribution in [0.2, 0.25) is 5.15 Å². The van der Waals surface area contributed by atoms with Crippen LogP contribution in [-0.4, -0.2) is 24.7 Å². The molecule has 1 aromatic carbocycles. The van der Waals surface area contributed by atoms with Crippen LogP contribution >= 0.6 is 11.6 Å². The highest BCUT2D eigenvalue weighted by atomic mass is 35.5. The molecule has 4 aromatic rings. The molecule has 5 nitrogen and oxygen atoms in total. The lowest BCUT2D eigenvalue weighted by molar-refractivity contribution is 0.588. The van der Waals surface area contributed by atoms with Crippen LogP contribution in [0, 0.1) is 11.6 Å². The van der Waals surface area contributed by atoms with Crippen molar-refractivity contribution in [1.82, 2.24) is 24.7 Å². The minimum Gasteiger partial charge on any atom is -0.242 e. The van der Waals surface area contributed by atoms with Gasteiger partial charge in [-0.3, -0.25) is 0 Å². The molecular weight excluding hydrogens is 348 g/mol. The van der Waals surface area contributed by atoms with Crippen molar-refractivity contribution >= 4 is 22.6 Å². The Kier molecular flexibility index (Phi) is 3.85. The van der Waals surface area contributed by atoms with Gasteiger partial charge in [0, 0.05) is 11.8 Å². The minimum atomic E-state index is -0.513. The summed E-state index contributed by atoms with van der Waals surface area (Å²) in [5, 5.41) is 5.09. The smallest absolute Gasteiger partial charge is 0.182 e. The van der Waals surface area contributed by atoms with Crippen molar-refractivity contribution in [3.8, 4) is 11.5 Å². The summed E-state index contributed by atoms with van der Waals surface area (Å²) >= 11 is 5.91. The lowest BCUT2D eigenvalue weighted by Gasteiger charge is -2.04. The van der Waals surface area contributed by atoms with E-state index in [0.29, 0.717) is 22.3 Å². The molecule has 0 spiro atoms. The predicted octanol–water partition coefficient (Wildman–Crippen LogP) is 3.87. The molecule has 8 heteroatoms. The molecule has 25 heavy (non-hydrogen) atoms. The lowest BCUT2D eigenvalue weighted by atomic mass is 10.2. The summed E-state index contributed by atoms with van der Waals surface area (Å²) in [4.78, 5) is 12.3. The van der Waals surface area contributed by atoms with Gasteiger partial charge < -0.3 is 0 Å². The maximum absolute atomic E-state index is 14.0. The van der Waals surface area contributed by atoms with Gasteiger partial charge >= 0.3 is 0 Å². The van der Waals surface area contributed by atoms with Gasteiger partial charge in [0.2, 0.25) is 0 Å². The molecule has 0 aliphatic rings. The molecule has 0 aliphatic carbocycles. The standard InChI is InChI=1S/C17H10ClF2N5/c18-14-5-6-21-16(23-14)15-12-7-11(19)8-22-17(12)25(24-15)9-10-3-1-2-4-13(10)20/h1-8H,9H2. The molecule has 0 bridgehead atoms. The molecule has 3 heterocycles. The van der Waals surface area contributed by atoms with E-state index in [1.807, 2.05) is 0 Å². The molecule has 0 aliphatic heterocycles. The minimum absolute atomic E-state index is 0.141. The maximum atomic E-state index is 14.0. The van der Waals surface area contributed by atoms with E-state index < -0.39 is 5.82 Å². The van der Waals surface area contributed by atoms with E-state index in [1.165, 1.54) is 29.1 Å². The van der Waals surface area contributed by atoms with Crippen molar-refractivity contribution in [2.24, 2.45) is 0 Å². The molecule has 4 rings (SSSR count). The van der Waals surface area contributed by atoms with Crippen molar-refractivity contribution in [2.75, 3.05) is 0 Å². The van der Waals surface area contributed by atoms with Gasteiger partial charge in [-0.05, 0) is 18.2 Å². The van der Waals surface area contributed by atoms with Crippen LogP contribution in [0.4, 0.5) is 8.78 Å². The third kappa shape index (κ3) is 2.94. The molecule has 3 aromatic heterocycles. The number of halogens is 3. The first-order valence-corrected chi connectivity index (χ1v) is 7.74. The Bertz CT molecular complexity index is 1080. The Balaban J connectivity index is 1.90. The van der Waals surface area contributed by atoms with Crippen LogP contribution in [0.5, 0.6) is 0 Å². The van der Waals surface area contributed by atoms with Crippen LogP contribution in [0.25, 0.3) is 22.6 Å². The van der Waals surface area contributed by atoms with Crippen LogP contribution in [-0.2, 0) is 6.54 Å². The molecule has 0 fully saturated rings. The van der Waals surface area contributed by atoms with Gasteiger partial charge in [0.1, 0.15) is 22.5 Å². The van der Waals surface area contributed by atoms with E-state index in [4.69, 9.17) is 11.6 Å². The van der Waals surface area contributed by atoms with E-state index in [-0.39, 0.29) is 23.3 Å². The average molecular weight is 358 g/mol. The van der Waals surface area contributed by atoms with E-state index >= 15 is 0 Å². The third-order valence-electron chi connectivity index (χ3n) is 3.66. The van der Waals surface area contributed by atoms with Crippen molar-refractivity contribution in [3.63, 3.8) is 0 Å². The first kappa shape index (κ1) is 15.6. The fraction of sp³-hybridized carbons (Fsp3) is 0.0588. The summed E-state index contributed by atoms with van der Waals surface area (Å²) < 4.78 is 29.1. The summed E-state index contributed by atoms with van der Waals surface area (Å²) in [5.74, 6) is -0.618. The summed E-state index contributed by atoms with van der Waals surface area (Å²) in [6.07, 6.45) is 2.57. The van der Waals surface area contributed by atoms with Gasteiger partial charge in [-0.25, -0.2) is 28.4 Å². The van der Waals surface area contributed by atoms with E-state index in [2.05, 4.69) is 20.1 Å². The lowest BCUT2D eigenvalue weighted by Crippen LogP contribution is -2.05. The number of hydrogen-bond acceptors (Lipinski definition) is 4. The molecule has 0 unspecified atom stereocenters. The highest BCUT2D eigenvalue weighted by molar-refractivity contribution is 6.29. The largest absolute Gasteiger partial charge is 0.242 e. The van der Waals surface area contributed by atoms with Crippen molar-refractivity contribution in [2.45, 2.75) is 6.54 Å². The molecule has 0 radical (unpaired) electrons. The number of nitrogens with zero attached hydrogens (tertiary/aromatic N) is 5. The highest BCUT2D eigenvalue weighted by Gasteiger charge is 2.17.